The zero-order valence-electron chi connectivity index (χ0n) is 10.3. The quantitative estimate of drug-likeness (QED) is 0.878. The van der Waals surface area contributed by atoms with Crippen LogP contribution in [0.1, 0.15) is 41.4 Å². The van der Waals surface area contributed by atoms with E-state index >= 15 is 0 Å². The van der Waals surface area contributed by atoms with E-state index in [0.717, 1.165) is 0 Å². The first-order chi connectivity index (χ1) is 8.51. The molecular formula is C13H17NO3S. The summed E-state index contributed by atoms with van der Waals surface area (Å²) in [6.07, 6.45) is 3.04. The number of rotatable bonds is 3. The predicted molar refractivity (Wildman–Crippen MR) is 69.0 cm³/mol. The average Bonchev–Trinajstić information content (AvgIpc) is 2.90. The van der Waals surface area contributed by atoms with Gasteiger partial charge in [-0.15, -0.1) is 11.3 Å². The zero-order chi connectivity index (χ0) is 12.9. The predicted octanol–water partition coefficient (Wildman–Crippen LogP) is 1.89. The highest BCUT2D eigenvalue weighted by Gasteiger charge is 2.48. The van der Waals surface area contributed by atoms with Gasteiger partial charge in [-0.2, -0.15) is 0 Å². The number of likely N-dealkylation sites (tertiary alicyclic amines) is 1. The van der Waals surface area contributed by atoms with Crippen molar-refractivity contribution in [3.8, 4) is 0 Å². The van der Waals surface area contributed by atoms with Crippen molar-refractivity contribution in [1.29, 1.82) is 0 Å². The van der Waals surface area contributed by atoms with Gasteiger partial charge in [0.1, 0.15) is 5.60 Å². The van der Waals surface area contributed by atoms with E-state index in [1.807, 2.05) is 0 Å². The lowest BCUT2D eigenvalue weighted by atomic mass is 9.96. The molecule has 0 amide bonds. The summed E-state index contributed by atoms with van der Waals surface area (Å²) in [4.78, 5) is 14.1. The summed E-state index contributed by atoms with van der Waals surface area (Å²) in [6, 6.07) is 2.51. The molecule has 2 N–H and O–H groups in total. The van der Waals surface area contributed by atoms with Crippen molar-refractivity contribution in [3.63, 3.8) is 0 Å². The van der Waals surface area contributed by atoms with Gasteiger partial charge in [-0.25, -0.2) is 4.79 Å². The standard InChI is InChI=1S/C13H17NO3S/c1-8-6-13(17,7-14(8)9-2-3-9)11-10(12(15)16)4-5-18-11/h4-5,8-9,17H,2-3,6-7H2,1H3,(H,15,16). The molecule has 5 heteroatoms. The Kier molecular flexibility index (Phi) is 2.73. The maximum Gasteiger partial charge on any atom is 0.336 e. The number of carboxylic acids is 1. The SMILES string of the molecule is CC1CC(O)(c2sccc2C(=O)O)CN1C1CC1. The fourth-order valence-electron chi connectivity index (χ4n) is 3.03. The van der Waals surface area contributed by atoms with Gasteiger partial charge in [0.15, 0.2) is 0 Å². The van der Waals surface area contributed by atoms with Gasteiger partial charge < -0.3 is 10.2 Å². The Morgan fingerprint density at radius 1 is 1.56 bits per heavy atom. The number of aliphatic hydroxyl groups is 1. The van der Waals surface area contributed by atoms with Crippen molar-refractivity contribution in [1.82, 2.24) is 4.90 Å². The number of nitrogens with zero attached hydrogens (tertiary/aromatic N) is 1. The van der Waals surface area contributed by atoms with Gasteiger partial charge in [-0.3, -0.25) is 4.90 Å². The van der Waals surface area contributed by atoms with E-state index < -0.39 is 11.6 Å². The van der Waals surface area contributed by atoms with E-state index in [2.05, 4.69) is 11.8 Å². The van der Waals surface area contributed by atoms with Gasteiger partial charge in [0.05, 0.1) is 10.4 Å². The molecular weight excluding hydrogens is 250 g/mol. The molecule has 1 aliphatic carbocycles. The molecule has 1 aliphatic heterocycles. The Morgan fingerprint density at radius 3 is 2.89 bits per heavy atom. The normalized spacial score (nSPS) is 32.9. The van der Waals surface area contributed by atoms with Crippen molar-refractivity contribution in [2.75, 3.05) is 6.54 Å². The third-order valence-electron chi connectivity index (χ3n) is 3.98. The van der Waals surface area contributed by atoms with Crippen LogP contribution in [0.5, 0.6) is 0 Å². The smallest absolute Gasteiger partial charge is 0.336 e. The molecule has 1 aromatic rings. The first kappa shape index (κ1) is 12.1. The topological polar surface area (TPSA) is 60.8 Å². The number of aromatic carboxylic acids is 1. The van der Waals surface area contributed by atoms with Crippen LogP contribution in [-0.4, -0.2) is 39.7 Å². The molecule has 98 valence electrons. The number of thiophene rings is 1. The van der Waals surface area contributed by atoms with E-state index in [1.165, 1.54) is 24.2 Å². The van der Waals surface area contributed by atoms with Crippen molar-refractivity contribution in [2.45, 2.75) is 43.9 Å². The van der Waals surface area contributed by atoms with Crippen LogP contribution in [-0.2, 0) is 5.60 Å². The van der Waals surface area contributed by atoms with Crippen LogP contribution < -0.4 is 0 Å². The van der Waals surface area contributed by atoms with Crippen LogP contribution in [0.3, 0.4) is 0 Å². The van der Waals surface area contributed by atoms with E-state index in [-0.39, 0.29) is 5.56 Å². The second kappa shape index (κ2) is 4.05. The Hall–Kier alpha value is -0.910. The fraction of sp³-hybridized carbons (Fsp3) is 0.615. The summed E-state index contributed by atoms with van der Waals surface area (Å²) in [7, 11) is 0. The van der Waals surface area contributed by atoms with E-state index in [1.54, 1.807) is 11.4 Å². The first-order valence-electron chi connectivity index (χ1n) is 6.31. The molecule has 0 bridgehead atoms. The lowest BCUT2D eigenvalue weighted by Gasteiger charge is -2.23. The summed E-state index contributed by atoms with van der Waals surface area (Å²) in [5.41, 5.74) is -0.725. The maximum absolute atomic E-state index is 11.2. The van der Waals surface area contributed by atoms with E-state index in [4.69, 9.17) is 5.11 Å². The Morgan fingerprint density at radius 2 is 2.28 bits per heavy atom. The van der Waals surface area contributed by atoms with Crippen LogP contribution in [0.2, 0.25) is 0 Å². The molecule has 18 heavy (non-hydrogen) atoms. The van der Waals surface area contributed by atoms with Crippen molar-refractivity contribution >= 4 is 17.3 Å². The Balaban J connectivity index is 1.91. The molecule has 0 aromatic carbocycles. The minimum atomic E-state index is -0.982. The summed E-state index contributed by atoms with van der Waals surface area (Å²) in [5.74, 6) is -0.947. The highest BCUT2D eigenvalue weighted by atomic mass is 32.1. The van der Waals surface area contributed by atoms with Gasteiger partial charge in [-0.05, 0) is 37.6 Å². The minimum Gasteiger partial charge on any atom is -0.478 e. The van der Waals surface area contributed by atoms with Crippen LogP contribution >= 0.6 is 11.3 Å². The molecule has 0 radical (unpaired) electrons. The minimum absolute atomic E-state index is 0.257. The van der Waals surface area contributed by atoms with Crippen molar-refractivity contribution in [3.05, 3.63) is 21.9 Å². The number of carbonyl (C=O) groups is 1. The molecule has 1 saturated heterocycles. The number of hydrogen-bond acceptors (Lipinski definition) is 4. The highest BCUT2D eigenvalue weighted by Crippen LogP contribution is 2.44. The summed E-state index contributed by atoms with van der Waals surface area (Å²) < 4.78 is 0. The third-order valence-corrected chi connectivity index (χ3v) is 5.09. The third kappa shape index (κ3) is 1.86. The van der Waals surface area contributed by atoms with Gasteiger partial charge in [0.25, 0.3) is 0 Å². The zero-order valence-corrected chi connectivity index (χ0v) is 11.1. The molecule has 2 atom stereocenters. The average molecular weight is 267 g/mol. The molecule has 0 spiro atoms. The molecule has 2 heterocycles. The fourth-order valence-corrected chi connectivity index (χ4v) is 4.02. The van der Waals surface area contributed by atoms with Gasteiger partial charge in [0, 0.05) is 18.6 Å². The largest absolute Gasteiger partial charge is 0.478 e. The Bertz CT molecular complexity index is 482. The second-order valence-corrected chi connectivity index (χ2v) is 6.37. The lowest BCUT2D eigenvalue weighted by Crippen LogP contribution is -2.33. The molecule has 2 fully saturated rings. The van der Waals surface area contributed by atoms with E-state index in [0.29, 0.717) is 29.9 Å². The first-order valence-corrected chi connectivity index (χ1v) is 7.18. The number of β-amino-alcohol motifs (C(OH)–C–C–N with tert-alkyl or cyclic N) is 1. The summed E-state index contributed by atoms with van der Waals surface area (Å²) >= 11 is 1.35. The lowest BCUT2D eigenvalue weighted by molar-refractivity contribution is 0.0452. The molecule has 1 saturated carbocycles. The highest BCUT2D eigenvalue weighted by molar-refractivity contribution is 7.10. The van der Waals surface area contributed by atoms with Crippen molar-refractivity contribution in [2.24, 2.45) is 0 Å². The monoisotopic (exact) mass is 267 g/mol. The van der Waals surface area contributed by atoms with Crippen molar-refractivity contribution < 1.29 is 15.0 Å². The molecule has 4 nitrogen and oxygen atoms in total. The number of carboxylic acid groups (broad SMARTS) is 1. The van der Waals surface area contributed by atoms with E-state index in [9.17, 15) is 9.90 Å². The van der Waals surface area contributed by atoms with Crippen LogP contribution in [0.15, 0.2) is 11.4 Å². The van der Waals surface area contributed by atoms with Gasteiger partial charge in [0.2, 0.25) is 0 Å². The Labute approximate surface area is 110 Å². The second-order valence-electron chi connectivity index (χ2n) is 5.46. The summed E-state index contributed by atoms with van der Waals surface area (Å²) in [6.45, 7) is 2.68. The summed E-state index contributed by atoms with van der Waals surface area (Å²) in [5, 5.41) is 21.7. The molecule has 1 aromatic heterocycles. The molecule has 2 unspecified atom stereocenters. The maximum atomic E-state index is 11.2. The number of hydrogen-bond donors (Lipinski definition) is 2. The van der Waals surface area contributed by atoms with Gasteiger partial charge >= 0.3 is 5.97 Å². The van der Waals surface area contributed by atoms with Gasteiger partial charge in [-0.1, -0.05) is 0 Å². The molecule has 2 aliphatic rings. The van der Waals surface area contributed by atoms with Crippen LogP contribution in [0.25, 0.3) is 0 Å². The van der Waals surface area contributed by atoms with Crippen LogP contribution in [0, 0.1) is 0 Å². The van der Waals surface area contributed by atoms with Crippen LogP contribution in [0.4, 0.5) is 0 Å². The molecule has 3 rings (SSSR count).